The molecule has 218 valence electrons. The van der Waals surface area contributed by atoms with Gasteiger partial charge in [0.25, 0.3) is 0 Å². The third-order valence-electron chi connectivity index (χ3n) is 8.23. The lowest BCUT2D eigenvalue weighted by Crippen LogP contribution is -2.50. The van der Waals surface area contributed by atoms with Crippen LogP contribution in [0.15, 0.2) is 66.7 Å². The number of carbonyl (C=O) groups excluding carboxylic acids is 2. The van der Waals surface area contributed by atoms with Crippen molar-refractivity contribution < 1.29 is 23.5 Å². The number of methoxy groups -OCH3 is 2. The predicted octanol–water partition coefficient (Wildman–Crippen LogP) is 5.94. The molecule has 1 saturated heterocycles. The van der Waals surface area contributed by atoms with E-state index in [0.717, 1.165) is 32.4 Å². The van der Waals surface area contributed by atoms with Crippen LogP contribution in [0.3, 0.4) is 0 Å². The molecular formula is C34H41FN2O4. The SMILES string of the molecule is CNCCCCCN1C[C@H](C(=O)c2cccc(OC)c2)C(c2cccc(F)c2C)[C@@H](C(=O)c2cccc(OC)c2)C1. The first-order valence-electron chi connectivity index (χ1n) is 14.4. The number of Topliss-reactive ketones (excluding diaryl/α,β-unsaturated/α-hetero) is 2. The zero-order chi connectivity index (χ0) is 29.4. The number of halogens is 1. The Morgan fingerprint density at radius 1 is 0.854 bits per heavy atom. The van der Waals surface area contributed by atoms with Crippen molar-refractivity contribution in [3.63, 3.8) is 0 Å². The molecule has 1 aliphatic rings. The predicted molar refractivity (Wildman–Crippen MR) is 160 cm³/mol. The van der Waals surface area contributed by atoms with Gasteiger partial charge in [-0.05, 0) is 81.4 Å². The van der Waals surface area contributed by atoms with Crippen molar-refractivity contribution in [3.05, 3.63) is 94.8 Å². The van der Waals surface area contributed by atoms with Crippen LogP contribution in [0.1, 0.15) is 57.0 Å². The van der Waals surface area contributed by atoms with Gasteiger partial charge in [-0.15, -0.1) is 0 Å². The maximum absolute atomic E-state index is 15.0. The third kappa shape index (κ3) is 7.21. The molecule has 7 heteroatoms. The molecule has 1 heterocycles. The summed E-state index contributed by atoms with van der Waals surface area (Å²) in [7, 11) is 5.09. The summed E-state index contributed by atoms with van der Waals surface area (Å²) in [6.07, 6.45) is 3.08. The zero-order valence-electron chi connectivity index (χ0n) is 24.5. The van der Waals surface area contributed by atoms with Crippen LogP contribution in [0.25, 0.3) is 0 Å². The minimum atomic E-state index is -0.548. The molecule has 6 nitrogen and oxygen atoms in total. The summed E-state index contributed by atoms with van der Waals surface area (Å²) in [6, 6.07) is 19.2. The summed E-state index contributed by atoms with van der Waals surface area (Å²) >= 11 is 0. The number of unbranched alkanes of at least 4 members (excludes halogenated alkanes) is 2. The van der Waals surface area contributed by atoms with E-state index in [1.54, 1.807) is 75.7 Å². The Morgan fingerprint density at radius 3 is 1.95 bits per heavy atom. The molecule has 0 unspecified atom stereocenters. The minimum Gasteiger partial charge on any atom is -0.497 e. The molecular weight excluding hydrogens is 519 g/mol. The molecule has 3 aromatic rings. The molecule has 0 bridgehead atoms. The largest absolute Gasteiger partial charge is 0.497 e. The second-order valence-corrected chi connectivity index (χ2v) is 10.8. The maximum atomic E-state index is 15.0. The van der Waals surface area contributed by atoms with Gasteiger partial charge >= 0.3 is 0 Å². The second kappa shape index (κ2) is 14.4. The van der Waals surface area contributed by atoms with Crippen molar-refractivity contribution in [2.45, 2.75) is 32.1 Å². The van der Waals surface area contributed by atoms with Gasteiger partial charge in [0.2, 0.25) is 0 Å². The molecule has 1 aliphatic heterocycles. The van der Waals surface area contributed by atoms with Gasteiger partial charge in [0.15, 0.2) is 11.6 Å². The highest BCUT2D eigenvalue weighted by Crippen LogP contribution is 2.43. The van der Waals surface area contributed by atoms with Crippen LogP contribution in [0.5, 0.6) is 11.5 Å². The van der Waals surface area contributed by atoms with Gasteiger partial charge in [-0.25, -0.2) is 4.39 Å². The van der Waals surface area contributed by atoms with E-state index in [9.17, 15) is 14.0 Å². The summed E-state index contributed by atoms with van der Waals surface area (Å²) in [5, 5.41) is 3.18. The number of hydrogen-bond acceptors (Lipinski definition) is 6. The van der Waals surface area contributed by atoms with E-state index in [2.05, 4.69) is 10.2 Å². The lowest BCUT2D eigenvalue weighted by Gasteiger charge is -2.43. The molecule has 0 radical (unpaired) electrons. The molecule has 41 heavy (non-hydrogen) atoms. The van der Waals surface area contributed by atoms with E-state index < -0.39 is 17.8 Å². The standard InChI is InChI=1S/C34H41FN2O4/c1-23-28(15-10-16-31(23)35)32-29(33(38)24-11-8-13-26(19-24)40-3)21-37(18-7-5-6-17-36-2)22-30(32)34(39)25-12-9-14-27(20-25)41-4/h8-16,19-20,29-30,32,36H,5-7,17-18,21-22H2,1-4H3/t29-,30-/m0/s1. The molecule has 4 rings (SSSR count). The Balaban J connectivity index is 1.79. The molecule has 0 aliphatic carbocycles. The van der Waals surface area contributed by atoms with Gasteiger partial charge in [0.05, 0.1) is 14.2 Å². The number of carbonyl (C=O) groups is 2. The van der Waals surface area contributed by atoms with Crippen LogP contribution in [-0.4, -0.2) is 63.9 Å². The second-order valence-electron chi connectivity index (χ2n) is 10.8. The number of nitrogens with zero attached hydrogens (tertiary/aromatic N) is 1. The van der Waals surface area contributed by atoms with Gasteiger partial charge in [-0.2, -0.15) is 0 Å². The number of piperidine rings is 1. The normalized spacial score (nSPS) is 17.8. The van der Waals surface area contributed by atoms with Gasteiger partial charge in [-0.3, -0.25) is 9.59 Å². The molecule has 3 aromatic carbocycles. The Kier molecular flexibility index (Phi) is 10.7. The van der Waals surface area contributed by atoms with E-state index >= 15 is 0 Å². The summed E-state index contributed by atoms with van der Waals surface area (Å²) in [5.41, 5.74) is 2.24. The van der Waals surface area contributed by atoms with Crippen molar-refractivity contribution >= 4 is 11.6 Å². The first-order valence-corrected chi connectivity index (χ1v) is 14.4. The van der Waals surface area contributed by atoms with E-state index in [4.69, 9.17) is 9.47 Å². The van der Waals surface area contributed by atoms with Crippen LogP contribution in [0, 0.1) is 24.6 Å². The van der Waals surface area contributed by atoms with Crippen molar-refractivity contribution in [2.75, 3.05) is 47.4 Å². The minimum absolute atomic E-state index is 0.0686. The van der Waals surface area contributed by atoms with Gasteiger partial charge in [-0.1, -0.05) is 42.8 Å². The number of nitrogens with one attached hydrogen (secondary N) is 1. The summed E-state index contributed by atoms with van der Waals surface area (Å²) in [5.74, 6) is -0.882. The molecule has 0 spiro atoms. The van der Waals surface area contributed by atoms with Gasteiger partial charge in [0.1, 0.15) is 17.3 Å². The highest BCUT2D eigenvalue weighted by atomic mass is 19.1. The number of ether oxygens (including phenoxy) is 2. The molecule has 0 saturated carbocycles. The number of rotatable bonds is 13. The summed E-state index contributed by atoms with van der Waals surface area (Å²) in [4.78, 5) is 30.8. The Morgan fingerprint density at radius 2 is 1.41 bits per heavy atom. The Hall–Kier alpha value is -3.55. The zero-order valence-corrected chi connectivity index (χ0v) is 24.5. The van der Waals surface area contributed by atoms with Crippen LogP contribution in [-0.2, 0) is 0 Å². The third-order valence-corrected chi connectivity index (χ3v) is 8.23. The fourth-order valence-corrected chi connectivity index (χ4v) is 6.03. The summed E-state index contributed by atoms with van der Waals surface area (Å²) < 4.78 is 25.8. The average Bonchev–Trinajstić information content (AvgIpc) is 3.01. The van der Waals surface area contributed by atoms with Crippen LogP contribution < -0.4 is 14.8 Å². The van der Waals surface area contributed by atoms with Crippen LogP contribution >= 0.6 is 0 Å². The highest BCUT2D eigenvalue weighted by molar-refractivity contribution is 6.02. The lowest BCUT2D eigenvalue weighted by molar-refractivity contribution is 0.0567. The van der Waals surface area contributed by atoms with Crippen molar-refractivity contribution in [1.82, 2.24) is 10.2 Å². The number of hydrogen-bond donors (Lipinski definition) is 1. The fraction of sp³-hybridized carbons (Fsp3) is 0.412. The quantitative estimate of drug-likeness (QED) is 0.206. The topological polar surface area (TPSA) is 67.9 Å². The van der Waals surface area contributed by atoms with E-state index in [0.29, 0.717) is 46.8 Å². The van der Waals surface area contributed by atoms with Gasteiger partial charge < -0.3 is 19.7 Å². The van der Waals surface area contributed by atoms with Gasteiger partial charge in [0, 0.05) is 42.0 Å². The van der Waals surface area contributed by atoms with Crippen molar-refractivity contribution in [2.24, 2.45) is 11.8 Å². The number of ketones is 2. The monoisotopic (exact) mass is 560 g/mol. The van der Waals surface area contributed by atoms with Crippen LogP contribution in [0.2, 0.25) is 0 Å². The van der Waals surface area contributed by atoms with E-state index in [1.807, 2.05) is 13.1 Å². The van der Waals surface area contributed by atoms with E-state index in [1.165, 1.54) is 6.07 Å². The molecule has 0 aromatic heterocycles. The lowest BCUT2D eigenvalue weighted by atomic mass is 9.67. The highest BCUT2D eigenvalue weighted by Gasteiger charge is 2.45. The molecule has 0 amide bonds. The first-order chi connectivity index (χ1) is 19.9. The Labute approximate surface area is 242 Å². The maximum Gasteiger partial charge on any atom is 0.167 e. The van der Waals surface area contributed by atoms with Crippen molar-refractivity contribution in [1.29, 1.82) is 0 Å². The molecule has 1 N–H and O–H groups in total. The van der Waals surface area contributed by atoms with Crippen LogP contribution in [0.4, 0.5) is 4.39 Å². The van der Waals surface area contributed by atoms with Crippen molar-refractivity contribution in [3.8, 4) is 11.5 Å². The van der Waals surface area contributed by atoms with E-state index in [-0.39, 0.29) is 17.4 Å². The first kappa shape index (κ1) is 30.4. The average molecular weight is 561 g/mol. The fourth-order valence-electron chi connectivity index (χ4n) is 6.03. The smallest absolute Gasteiger partial charge is 0.167 e. The summed E-state index contributed by atoms with van der Waals surface area (Å²) in [6.45, 7) is 4.45. The molecule has 2 atom stereocenters. The number of benzene rings is 3. The molecule has 1 fully saturated rings. The number of likely N-dealkylation sites (tertiary alicyclic amines) is 1. The Bertz CT molecular complexity index is 1270.